The van der Waals surface area contributed by atoms with E-state index in [1.807, 2.05) is 24.5 Å². The van der Waals surface area contributed by atoms with Gasteiger partial charge in [-0.3, -0.25) is 5.10 Å². The molecule has 0 saturated heterocycles. The SMILES string of the molecule is CCCc1n[nH]cc1-c1cnc2nnc(Cc3c[nH]c4ccccc34)n2n1. The molecule has 4 aromatic heterocycles. The molecule has 2 N–H and O–H groups in total. The molecule has 1 aromatic carbocycles. The summed E-state index contributed by atoms with van der Waals surface area (Å²) in [6.07, 6.45) is 8.14. The Hall–Kier alpha value is -3.55. The predicted molar refractivity (Wildman–Crippen MR) is 101 cm³/mol. The fraction of sp³-hybridized carbons (Fsp3) is 0.211. The molecule has 0 aliphatic heterocycles. The van der Waals surface area contributed by atoms with Gasteiger partial charge in [0, 0.05) is 35.3 Å². The number of nitrogens with one attached hydrogen (secondary N) is 2. The van der Waals surface area contributed by atoms with Crippen molar-refractivity contribution in [2.75, 3.05) is 0 Å². The normalized spacial score (nSPS) is 11.6. The number of hydrogen-bond donors (Lipinski definition) is 2. The first-order valence-electron chi connectivity index (χ1n) is 8.99. The second kappa shape index (κ2) is 6.31. The van der Waals surface area contributed by atoms with Crippen molar-refractivity contribution in [3.8, 4) is 11.3 Å². The van der Waals surface area contributed by atoms with Gasteiger partial charge in [-0.25, -0.2) is 4.98 Å². The van der Waals surface area contributed by atoms with Gasteiger partial charge < -0.3 is 4.98 Å². The minimum absolute atomic E-state index is 0.495. The zero-order valence-corrected chi connectivity index (χ0v) is 14.8. The molecule has 0 atom stereocenters. The lowest BCUT2D eigenvalue weighted by Crippen LogP contribution is -2.03. The number of fused-ring (bicyclic) bond motifs is 2. The number of aromatic amines is 2. The van der Waals surface area contributed by atoms with E-state index >= 15 is 0 Å². The molecule has 5 aromatic rings. The molecule has 8 nitrogen and oxygen atoms in total. The van der Waals surface area contributed by atoms with Crippen molar-refractivity contribution in [1.82, 2.24) is 40.0 Å². The van der Waals surface area contributed by atoms with Crippen molar-refractivity contribution in [3.63, 3.8) is 0 Å². The number of aryl methyl sites for hydroxylation is 1. The second-order valence-corrected chi connectivity index (χ2v) is 6.50. The van der Waals surface area contributed by atoms with E-state index in [2.05, 4.69) is 49.4 Å². The lowest BCUT2D eigenvalue weighted by Gasteiger charge is -2.03. The Morgan fingerprint density at radius 1 is 1.11 bits per heavy atom. The lowest BCUT2D eigenvalue weighted by molar-refractivity contribution is 0.828. The molecule has 0 radical (unpaired) electrons. The molecule has 4 heterocycles. The largest absolute Gasteiger partial charge is 0.361 e. The van der Waals surface area contributed by atoms with Gasteiger partial charge in [-0.05, 0) is 18.1 Å². The Kier molecular flexibility index (Phi) is 3.67. The average Bonchev–Trinajstić information content (AvgIpc) is 3.42. The first kappa shape index (κ1) is 15.7. The standard InChI is InChI=1S/C19H18N8/c1-2-5-16-14(10-22-23-16)17-11-21-19-25-24-18(27(19)26-17)8-12-9-20-15-7-4-3-6-13(12)15/h3-4,6-7,9-11,20H,2,5,8H2,1H3,(H,22,23). The molecule has 0 saturated carbocycles. The molecule has 5 rings (SSSR count). The highest BCUT2D eigenvalue weighted by Gasteiger charge is 2.15. The van der Waals surface area contributed by atoms with E-state index in [4.69, 9.17) is 5.10 Å². The second-order valence-electron chi connectivity index (χ2n) is 6.50. The van der Waals surface area contributed by atoms with Crippen molar-refractivity contribution < 1.29 is 0 Å². The Labute approximate surface area is 154 Å². The summed E-state index contributed by atoms with van der Waals surface area (Å²) < 4.78 is 1.72. The Bertz CT molecular complexity index is 1230. The number of benzene rings is 1. The molecule has 27 heavy (non-hydrogen) atoms. The Morgan fingerprint density at radius 2 is 2.04 bits per heavy atom. The molecule has 0 aliphatic rings. The summed E-state index contributed by atoms with van der Waals surface area (Å²) in [6, 6.07) is 8.22. The van der Waals surface area contributed by atoms with Crippen molar-refractivity contribution in [3.05, 3.63) is 59.9 Å². The van der Waals surface area contributed by atoms with Gasteiger partial charge in [0.15, 0.2) is 5.82 Å². The van der Waals surface area contributed by atoms with Gasteiger partial charge in [0.25, 0.3) is 5.78 Å². The fourth-order valence-electron chi connectivity index (χ4n) is 3.39. The first-order valence-corrected chi connectivity index (χ1v) is 8.99. The van der Waals surface area contributed by atoms with Gasteiger partial charge in [0.1, 0.15) is 5.69 Å². The summed E-state index contributed by atoms with van der Waals surface area (Å²) >= 11 is 0. The summed E-state index contributed by atoms with van der Waals surface area (Å²) in [7, 11) is 0. The smallest absolute Gasteiger partial charge is 0.271 e. The monoisotopic (exact) mass is 358 g/mol. The molecule has 134 valence electrons. The van der Waals surface area contributed by atoms with E-state index in [0.717, 1.165) is 46.7 Å². The van der Waals surface area contributed by atoms with E-state index in [-0.39, 0.29) is 0 Å². The van der Waals surface area contributed by atoms with Crippen molar-refractivity contribution in [2.45, 2.75) is 26.2 Å². The third-order valence-electron chi connectivity index (χ3n) is 4.70. The Morgan fingerprint density at radius 3 is 2.96 bits per heavy atom. The Balaban J connectivity index is 1.56. The van der Waals surface area contributed by atoms with E-state index < -0.39 is 0 Å². The van der Waals surface area contributed by atoms with Crippen LogP contribution in [0.2, 0.25) is 0 Å². The molecule has 0 amide bonds. The van der Waals surface area contributed by atoms with Crippen molar-refractivity contribution in [2.24, 2.45) is 0 Å². The van der Waals surface area contributed by atoms with Gasteiger partial charge >= 0.3 is 0 Å². The van der Waals surface area contributed by atoms with Gasteiger partial charge in [0.2, 0.25) is 0 Å². The van der Waals surface area contributed by atoms with Gasteiger partial charge in [-0.1, -0.05) is 31.5 Å². The van der Waals surface area contributed by atoms with Gasteiger partial charge in [0.05, 0.1) is 11.9 Å². The van der Waals surface area contributed by atoms with Crippen LogP contribution in [0.5, 0.6) is 0 Å². The van der Waals surface area contributed by atoms with Crippen molar-refractivity contribution in [1.29, 1.82) is 0 Å². The first-order chi connectivity index (χ1) is 13.3. The molecule has 0 spiro atoms. The molecule has 8 heteroatoms. The maximum Gasteiger partial charge on any atom is 0.271 e. The van der Waals surface area contributed by atoms with Crippen LogP contribution < -0.4 is 0 Å². The molecular formula is C19H18N8. The van der Waals surface area contributed by atoms with E-state index in [9.17, 15) is 0 Å². The minimum atomic E-state index is 0.495. The quantitative estimate of drug-likeness (QED) is 0.503. The van der Waals surface area contributed by atoms with Crippen LogP contribution in [0.1, 0.15) is 30.4 Å². The van der Waals surface area contributed by atoms with Crippen LogP contribution in [0.15, 0.2) is 42.9 Å². The van der Waals surface area contributed by atoms with E-state index in [0.29, 0.717) is 12.2 Å². The number of nitrogens with zero attached hydrogens (tertiary/aromatic N) is 6. The number of para-hydroxylation sites is 1. The topological polar surface area (TPSA) is 100 Å². The maximum absolute atomic E-state index is 4.74. The maximum atomic E-state index is 4.74. The zero-order chi connectivity index (χ0) is 18.2. The van der Waals surface area contributed by atoms with Crippen LogP contribution in [0.25, 0.3) is 27.9 Å². The third-order valence-corrected chi connectivity index (χ3v) is 4.70. The van der Waals surface area contributed by atoms with Crippen LogP contribution in [0, 0.1) is 0 Å². The molecule has 0 aliphatic carbocycles. The molecule has 0 bridgehead atoms. The van der Waals surface area contributed by atoms with Crippen LogP contribution in [0.3, 0.4) is 0 Å². The number of hydrogen-bond acceptors (Lipinski definition) is 5. The third kappa shape index (κ3) is 2.66. The minimum Gasteiger partial charge on any atom is -0.361 e. The molecule has 0 unspecified atom stereocenters. The predicted octanol–water partition coefficient (Wildman–Crippen LogP) is 2.93. The highest BCUT2D eigenvalue weighted by atomic mass is 15.4. The summed E-state index contributed by atoms with van der Waals surface area (Å²) in [5, 5.41) is 21.7. The van der Waals surface area contributed by atoms with Crippen LogP contribution in [-0.4, -0.2) is 40.0 Å². The lowest BCUT2D eigenvalue weighted by atomic mass is 10.1. The van der Waals surface area contributed by atoms with Crippen LogP contribution in [0.4, 0.5) is 0 Å². The van der Waals surface area contributed by atoms with Crippen LogP contribution >= 0.6 is 0 Å². The summed E-state index contributed by atoms with van der Waals surface area (Å²) in [4.78, 5) is 7.73. The van der Waals surface area contributed by atoms with Gasteiger partial charge in [-0.15, -0.1) is 10.2 Å². The van der Waals surface area contributed by atoms with E-state index in [1.165, 1.54) is 5.39 Å². The highest BCUT2D eigenvalue weighted by Crippen LogP contribution is 2.22. The van der Waals surface area contributed by atoms with Gasteiger partial charge in [-0.2, -0.15) is 14.7 Å². The van der Waals surface area contributed by atoms with Crippen molar-refractivity contribution >= 4 is 16.7 Å². The summed E-state index contributed by atoms with van der Waals surface area (Å²) in [5.74, 6) is 1.25. The summed E-state index contributed by atoms with van der Waals surface area (Å²) in [6.45, 7) is 2.13. The number of rotatable bonds is 5. The zero-order valence-electron chi connectivity index (χ0n) is 14.8. The highest BCUT2D eigenvalue weighted by molar-refractivity contribution is 5.83. The summed E-state index contributed by atoms with van der Waals surface area (Å²) in [5.41, 5.74) is 4.99. The van der Waals surface area contributed by atoms with E-state index in [1.54, 1.807) is 10.7 Å². The molecule has 0 fully saturated rings. The number of H-pyrrole nitrogens is 2. The van der Waals surface area contributed by atoms with Crippen LogP contribution in [-0.2, 0) is 12.8 Å². The average molecular weight is 358 g/mol. The fourth-order valence-corrected chi connectivity index (χ4v) is 3.39. The molecular weight excluding hydrogens is 340 g/mol. The number of aromatic nitrogens is 8.